The number of benzene rings is 2. The molecule has 0 spiro atoms. The van der Waals surface area contributed by atoms with Crippen molar-refractivity contribution in [1.29, 1.82) is 0 Å². The topological polar surface area (TPSA) is 26.3 Å². The molecule has 1 aliphatic rings. The first-order chi connectivity index (χ1) is 14.8. The van der Waals surface area contributed by atoms with E-state index in [1.54, 1.807) is 6.07 Å². The van der Waals surface area contributed by atoms with E-state index < -0.39 is 75.4 Å². The third-order valence-electron chi connectivity index (χ3n) is 5.54. The molecule has 3 rings (SSSR count). The summed E-state index contributed by atoms with van der Waals surface area (Å²) >= 11 is 4.60. The predicted molar refractivity (Wildman–Crippen MR) is 102 cm³/mol. The SMILES string of the molecule is CC1(C)[C@H](C=C(F)C(F)(F)Cl)[C@@H]1C(=O)OCc1c(F)c(F)c(F)c(-c2ccccc2)c1F. The van der Waals surface area contributed by atoms with Crippen LogP contribution in [0.3, 0.4) is 0 Å². The Morgan fingerprint density at radius 2 is 1.66 bits per heavy atom. The van der Waals surface area contributed by atoms with E-state index in [0.29, 0.717) is 6.08 Å². The molecule has 0 heterocycles. The molecule has 10 heteroatoms. The van der Waals surface area contributed by atoms with Gasteiger partial charge in [-0.2, -0.15) is 8.78 Å². The zero-order valence-electron chi connectivity index (χ0n) is 16.7. The molecule has 1 saturated carbocycles. The largest absolute Gasteiger partial charge is 0.460 e. The number of carbonyl (C=O) groups is 1. The molecule has 0 saturated heterocycles. The molecule has 1 aliphatic carbocycles. The predicted octanol–water partition coefficient (Wildman–Crippen LogP) is 6.91. The Morgan fingerprint density at radius 3 is 2.22 bits per heavy atom. The van der Waals surface area contributed by atoms with Crippen molar-refractivity contribution in [1.82, 2.24) is 0 Å². The third kappa shape index (κ3) is 4.35. The van der Waals surface area contributed by atoms with Crippen molar-refractivity contribution in [3.63, 3.8) is 0 Å². The van der Waals surface area contributed by atoms with E-state index in [4.69, 9.17) is 4.74 Å². The molecule has 0 unspecified atom stereocenters. The van der Waals surface area contributed by atoms with Gasteiger partial charge in [-0.05, 0) is 34.6 Å². The number of allylic oxidation sites excluding steroid dienone is 2. The van der Waals surface area contributed by atoms with Crippen molar-refractivity contribution in [2.75, 3.05) is 0 Å². The zero-order chi connectivity index (χ0) is 24.0. The summed E-state index contributed by atoms with van der Waals surface area (Å²) < 4.78 is 101. The maximum atomic E-state index is 14.9. The first-order valence-corrected chi connectivity index (χ1v) is 9.67. The highest BCUT2D eigenvalue weighted by molar-refractivity contribution is 6.23. The highest BCUT2D eigenvalue weighted by Crippen LogP contribution is 2.60. The number of esters is 1. The summed E-state index contributed by atoms with van der Waals surface area (Å²) in [5, 5.41) is -4.25. The van der Waals surface area contributed by atoms with Gasteiger partial charge in [0.1, 0.15) is 12.4 Å². The molecule has 2 nitrogen and oxygen atoms in total. The van der Waals surface area contributed by atoms with E-state index in [0.717, 1.165) is 0 Å². The normalized spacial score (nSPS) is 20.2. The van der Waals surface area contributed by atoms with Gasteiger partial charge in [0.15, 0.2) is 23.3 Å². The molecule has 0 bridgehead atoms. The van der Waals surface area contributed by atoms with Gasteiger partial charge in [0.25, 0.3) is 0 Å². The summed E-state index contributed by atoms with van der Waals surface area (Å²) in [6.45, 7) is 1.84. The van der Waals surface area contributed by atoms with Gasteiger partial charge < -0.3 is 4.74 Å². The maximum Gasteiger partial charge on any atom is 0.373 e. The molecule has 0 amide bonds. The van der Waals surface area contributed by atoms with E-state index >= 15 is 0 Å². The summed E-state index contributed by atoms with van der Waals surface area (Å²) in [7, 11) is 0. The van der Waals surface area contributed by atoms with Crippen molar-refractivity contribution < 1.29 is 40.3 Å². The van der Waals surface area contributed by atoms with Crippen LogP contribution in [0, 0.1) is 40.5 Å². The highest BCUT2D eigenvalue weighted by atomic mass is 35.5. The number of halogens is 8. The van der Waals surface area contributed by atoms with Crippen molar-refractivity contribution in [2.24, 2.45) is 17.3 Å². The maximum absolute atomic E-state index is 14.9. The zero-order valence-corrected chi connectivity index (χ0v) is 17.4. The molecular weight excluding hydrogens is 465 g/mol. The van der Waals surface area contributed by atoms with E-state index in [-0.39, 0.29) is 5.56 Å². The lowest BCUT2D eigenvalue weighted by Gasteiger charge is -2.13. The first kappa shape index (κ1) is 24.1. The fraction of sp³-hybridized carbons (Fsp3) is 0.318. The number of alkyl halides is 3. The van der Waals surface area contributed by atoms with Crippen LogP contribution in [-0.2, 0) is 16.1 Å². The lowest BCUT2D eigenvalue weighted by atomic mass is 10.0. The van der Waals surface area contributed by atoms with Crippen LogP contribution < -0.4 is 0 Å². The third-order valence-corrected chi connectivity index (χ3v) is 5.72. The minimum Gasteiger partial charge on any atom is -0.460 e. The smallest absolute Gasteiger partial charge is 0.373 e. The van der Waals surface area contributed by atoms with E-state index in [1.165, 1.54) is 38.1 Å². The number of rotatable bonds is 6. The Labute approximate surface area is 183 Å². The van der Waals surface area contributed by atoms with E-state index in [2.05, 4.69) is 11.6 Å². The fourth-order valence-electron chi connectivity index (χ4n) is 3.59. The average Bonchev–Trinajstić information content (AvgIpc) is 3.26. The molecule has 2 aromatic carbocycles. The standard InChI is InChI=1S/C22H16ClF7O2/c1-21(2)12(8-13(24)22(23,29)30)15(21)20(31)32-9-11-16(25)14(10-6-4-3-5-7-10)18(27)19(28)17(11)26/h3-8,12,15H,9H2,1-2H3/t12-,15-/m1/s1. The lowest BCUT2D eigenvalue weighted by molar-refractivity contribution is -0.147. The Morgan fingerprint density at radius 1 is 1.06 bits per heavy atom. The van der Waals surface area contributed by atoms with Crippen molar-refractivity contribution in [3.8, 4) is 11.1 Å². The molecule has 1 fully saturated rings. The van der Waals surface area contributed by atoms with Crippen LogP contribution in [-0.4, -0.2) is 11.4 Å². The van der Waals surface area contributed by atoms with Crippen LogP contribution in [0.1, 0.15) is 19.4 Å². The summed E-state index contributed by atoms with van der Waals surface area (Å²) in [4.78, 5) is 12.4. The Bertz CT molecular complexity index is 1080. The number of carbonyl (C=O) groups excluding carboxylic acids is 1. The second-order valence-electron chi connectivity index (χ2n) is 7.92. The second-order valence-corrected chi connectivity index (χ2v) is 8.40. The van der Waals surface area contributed by atoms with Crippen molar-refractivity contribution in [3.05, 3.63) is 71.1 Å². The van der Waals surface area contributed by atoms with Gasteiger partial charge in [0, 0.05) is 0 Å². The quantitative estimate of drug-likeness (QED) is 0.148. The monoisotopic (exact) mass is 480 g/mol. The van der Waals surface area contributed by atoms with Crippen LogP contribution >= 0.6 is 11.6 Å². The molecule has 172 valence electrons. The van der Waals surface area contributed by atoms with Gasteiger partial charge in [0.2, 0.25) is 0 Å². The number of hydrogen-bond acceptors (Lipinski definition) is 2. The average molecular weight is 481 g/mol. The van der Waals surface area contributed by atoms with Gasteiger partial charge in [-0.25, -0.2) is 22.0 Å². The first-order valence-electron chi connectivity index (χ1n) is 9.29. The van der Waals surface area contributed by atoms with Crippen LogP contribution in [0.2, 0.25) is 0 Å². The van der Waals surface area contributed by atoms with Crippen LogP contribution in [0.4, 0.5) is 30.7 Å². The molecule has 0 N–H and O–H groups in total. The highest BCUT2D eigenvalue weighted by Gasteiger charge is 2.62. The Balaban J connectivity index is 1.85. The number of hydrogen-bond donors (Lipinski definition) is 0. The molecule has 0 aromatic heterocycles. The minimum absolute atomic E-state index is 0.0695. The van der Waals surface area contributed by atoms with Gasteiger partial charge in [-0.3, -0.25) is 4.79 Å². The van der Waals surface area contributed by atoms with Gasteiger partial charge in [-0.1, -0.05) is 44.2 Å². The summed E-state index contributed by atoms with van der Waals surface area (Å²) in [5.41, 5.74) is -2.94. The minimum atomic E-state index is -4.25. The molecule has 2 atom stereocenters. The van der Waals surface area contributed by atoms with E-state index in [1.807, 2.05) is 0 Å². The molecule has 0 radical (unpaired) electrons. The number of ether oxygens (including phenoxy) is 1. The summed E-state index contributed by atoms with van der Waals surface area (Å²) in [5.74, 6) is -12.2. The van der Waals surface area contributed by atoms with Crippen molar-refractivity contribution in [2.45, 2.75) is 25.8 Å². The summed E-state index contributed by atoms with van der Waals surface area (Å²) in [6, 6.07) is 6.97. The Kier molecular flexibility index (Phi) is 6.34. The van der Waals surface area contributed by atoms with E-state index in [9.17, 15) is 35.5 Å². The van der Waals surface area contributed by atoms with Crippen molar-refractivity contribution >= 4 is 17.6 Å². The Hall–Kier alpha value is -2.55. The molecule has 32 heavy (non-hydrogen) atoms. The molecular formula is C22H16ClF7O2. The lowest BCUT2D eigenvalue weighted by Crippen LogP contribution is -2.14. The van der Waals surface area contributed by atoms with Gasteiger partial charge in [0.05, 0.1) is 17.0 Å². The van der Waals surface area contributed by atoms with Gasteiger partial charge in [-0.15, -0.1) is 0 Å². The van der Waals surface area contributed by atoms with Crippen LogP contribution in [0.25, 0.3) is 11.1 Å². The second kappa shape index (κ2) is 8.42. The van der Waals surface area contributed by atoms with Crippen LogP contribution in [0.5, 0.6) is 0 Å². The fourth-order valence-corrected chi connectivity index (χ4v) is 3.65. The summed E-state index contributed by atoms with van der Waals surface area (Å²) in [6.07, 6.45) is 0.491. The van der Waals surface area contributed by atoms with Crippen LogP contribution in [0.15, 0.2) is 42.2 Å². The molecule has 2 aromatic rings. The van der Waals surface area contributed by atoms with Gasteiger partial charge >= 0.3 is 11.4 Å². The molecule has 0 aliphatic heterocycles.